The van der Waals surface area contributed by atoms with E-state index < -0.39 is 0 Å². The Hall–Kier alpha value is -1.69. The summed E-state index contributed by atoms with van der Waals surface area (Å²) in [7, 11) is 0. The molecule has 0 bridgehead atoms. The third-order valence-electron chi connectivity index (χ3n) is 3.70. The van der Waals surface area contributed by atoms with E-state index in [0.29, 0.717) is 5.95 Å². The van der Waals surface area contributed by atoms with E-state index in [4.69, 9.17) is 4.98 Å². The predicted octanol–water partition coefficient (Wildman–Crippen LogP) is 3.33. The molecule has 0 spiro atoms. The first kappa shape index (κ1) is 14.3. The Morgan fingerprint density at radius 3 is 2.67 bits per heavy atom. The molecule has 6 heteroatoms. The summed E-state index contributed by atoms with van der Waals surface area (Å²) in [6, 6.07) is 2.09. The number of anilines is 2. The lowest BCUT2D eigenvalue weighted by atomic mass is 10.1. The highest BCUT2D eigenvalue weighted by Gasteiger charge is 2.17. The molecule has 1 N–H and O–H groups in total. The van der Waals surface area contributed by atoms with Gasteiger partial charge in [-0.25, -0.2) is 0 Å². The summed E-state index contributed by atoms with van der Waals surface area (Å²) in [6.45, 7) is 7.05. The van der Waals surface area contributed by atoms with E-state index in [0.717, 1.165) is 37.0 Å². The molecule has 0 radical (unpaired) electrons. The molecule has 1 saturated heterocycles. The van der Waals surface area contributed by atoms with Crippen molar-refractivity contribution in [2.75, 3.05) is 29.9 Å². The van der Waals surface area contributed by atoms with Gasteiger partial charge in [-0.1, -0.05) is 0 Å². The van der Waals surface area contributed by atoms with Crippen LogP contribution < -0.4 is 10.2 Å². The summed E-state index contributed by atoms with van der Waals surface area (Å²) in [6.07, 6.45) is 3.74. The fraction of sp³-hybridized carbons (Fsp3) is 0.533. The van der Waals surface area contributed by atoms with E-state index in [1.807, 2.05) is 0 Å². The molecular weight excluding hydrogens is 282 g/mol. The first-order valence-corrected chi connectivity index (χ1v) is 8.45. The number of rotatable bonds is 4. The Morgan fingerprint density at radius 1 is 1.19 bits per heavy atom. The highest BCUT2D eigenvalue weighted by Crippen LogP contribution is 2.27. The van der Waals surface area contributed by atoms with Crippen molar-refractivity contribution in [2.45, 2.75) is 33.1 Å². The molecule has 3 heterocycles. The molecule has 0 aromatic carbocycles. The first-order valence-electron chi connectivity index (χ1n) is 7.57. The Morgan fingerprint density at radius 2 is 2.00 bits per heavy atom. The Bertz CT molecular complexity index is 604. The number of thiophene rings is 1. The van der Waals surface area contributed by atoms with E-state index in [1.165, 1.54) is 24.1 Å². The monoisotopic (exact) mass is 303 g/mol. The van der Waals surface area contributed by atoms with E-state index in [9.17, 15) is 0 Å². The molecule has 2 aromatic heterocycles. The van der Waals surface area contributed by atoms with Gasteiger partial charge in [0.05, 0.1) is 0 Å². The lowest BCUT2D eigenvalue weighted by Crippen LogP contribution is -2.31. The maximum Gasteiger partial charge on any atom is 0.230 e. The molecule has 0 aliphatic carbocycles. The van der Waals surface area contributed by atoms with Crippen molar-refractivity contribution >= 4 is 23.2 Å². The minimum Gasteiger partial charge on any atom is -0.354 e. The topological polar surface area (TPSA) is 53.9 Å². The molecule has 3 rings (SSSR count). The molecular formula is C15H21N5S. The molecule has 1 aliphatic heterocycles. The Kier molecular flexibility index (Phi) is 4.34. The predicted molar refractivity (Wildman–Crippen MR) is 88.1 cm³/mol. The van der Waals surface area contributed by atoms with Crippen LogP contribution in [0.4, 0.5) is 11.9 Å². The fourth-order valence-corrected chi connectivity index (χ4v) is 3.27. The molecule has 112 valence electrons. The SMILES string of the molecule is CCNc1nc(-c2ccsc2C)nc(N2CCCCC2)n1. The number of hydrogen-bond acceptors (Lipinski definition) is 6. The maximum absolute atomic E-state index is 4.71. The lowest BCUT2D eigenvalue weighted by Gasteiger charge is -2.27. The molecule has 1 aliphatic rings. The van der Waals surface area contributed by atoms with Gasteiger partial charge >= 0.3 is 0 Å². The van der Waals surface area contributed by atoms with Crippen LogP contribution in [-0.4, -0.2) is 34.6 Å². The molecule has 0 atom stereocenters. The highest BCUT2D eigenvalue weighted by atomic mass is 32.1. The van der Waals surface area contributed by atoms with Crippen LogP contribution in [0.3, 0.4) is 0 Å². The molecule has 0 saturated carbocycles. The zero-order valence-electron chi connectivity index (χ0n) is 12.6. The zero-order chi connectivity index (χ0) is 14.7. The summed E-state index contributed by atoms with van der Waals surface area (Å²) in [5.74, 6) is 2.26. The molecule has 0 amide bonds. The first-order chi connectivity index (χ1) is 10.3. The van der Waals surface area contributed by atoms with Gasteiger partial charge in [-0.05, 0) is 44.6 Å². The molecule has 2 aromatic rings. The van der Waals surface area contributed by atoms with Gasteiger partial charge in [-0.3, -0.25) is 0 Å². The highest BCUT2D eigenvalue weighted by molar-refractivity contribution is 7.10. The average molecular weight is 303 g/mol. The van der Waals surface area contributed by atoms with Gasteiger partial charge in [0, 0.05) is 30.1 Å². The van der Waals surface area contributed by atoms with Crippen LogP contribution in [0.5, 0.6) is 0 Å². The minimum atomic E-state index is 0.675. The summed E-state index contributed by atoms with van der Waals surface area (Å²) in [5.41, 5.74) is 1.11. The van der Waals surface area contributed by atoms with Crippen LogP contribution in [0.2, 0.25) is 0 Å². The van der Waals surface area contributed by atoms with Crippen molar-refractivity contribution in [3.63, 3.8) is 0 Å². The second-order valence-corrected chi connectivity index (χ2v) is 6.37. The third kappa shape index (κ3) is 3.15. The van der Waals surface area contributed by atoms with E-state index >= 15 is 0 Å². The minimum absolute atomic E-state index is 0.675. The number of aromatic nitrogens is 3. The number of nitrogens with zero attached hydrogens (tertiary/aromatic N) is 4. The van der Waals surface area contributed by atoms with E-state index in [1.54, 1.807) is 11.3 Å². The standard InChI is InChI=1S/C15H21N5S/c1-3-16-14-17-13(12-7-10-21-11(12)2)18-15(19-14)20-8-5-4-6-9-20/h7,10H,3-6,8-9H2,1-2H3,(H,16,17,18,19). The van der Waals surface area contributed by atoms with Gasteiger partial charge in [0.1, 0.15) is 0 Å². The van der Waals surface area contributed by atoms with Crippen molar-refractivity contribution in [1.82, 2.24) is 15.0 Å². The molecule has 0 unspecified atom stereocenters. The quantitative estimate of drug-likeness (QED) is 0.939. The van der Waals surface area contributed by atoms with Gasteiger partial charge in [0.25, 0.3) is 0 Å². The average Bonchev–Trinajstić information content (AvgIpc) is 2.94. The van der Waals surface area contributed by atoms with Crippen molar-refractivity contribution in [1.29, 1.82) is 0 Å². The zero-order valence-corrected chi connectivity index (χ0v) is 13.4. The van der Waals surface area contributed by atoms with Crippen molar-refractivity contribution < 1.29 is 0 Å². The lowest BCUT2D eigenvalue weighted by molar-refractivity contribution is 0.568. The number of piperidine rings is 1. The summed E-state index contributed by atoms with van der Waals surface area (Å²) >= 11 is 1.73. The van der Waals surface area contributed by atoms with Gasteiger partial charge < -0.3 is 10.2 Å². The summed E-state index contributed by atoms with van der Waals surface area (Å²) in [5, 5.41) is 5.31. The summed E-state index contributed by atoms with van der Waals surface area (Å²) < 4.78 is 0. The second-order valence-electron chi connectivity index (χ2n) is 5.25. The van der Waals surface area contributed by atoms with Crippen LogP contribution in [0.15, 0.2) is 11.4 Å². The number of aryl methyl sites for hydroxylation is 1. The van der Waals surface area contributed by atoms with E-state index in [2.05, 4.69) is 45.5 Å². The number of hydrogen-bond donors (Lipinski definition) is 1. The Balaban J connectivity index is 1.99. The van der Waals surface area contributed by atoms with Crippen LogP contribution in [0.25, 0.3) is 11.4 Å². The smallest absolute Gasteiger partial charge is 0.230 e. The second kappa shape index (κ2) is 6.39. The molecule has 21 heavy (non-hydrogen) atoms. The van der Waals surface area contributed by atoms with Crippen molar-refractivity contribution in [2.24, 2.45) is 0 Å². The maximum atomic E-state index is 4.71. The fourth-order valence-electron chi connectivity index (χ4n) is 2.57. The largest absolute Gasteiger partial charge is 0.354 e. The van der Waals surface area contributed by atoms with Crippen molar-refractivity contribution in [3.05, 3.63) is 16.3 Å². The van der Waals surface area contributed by atoms with Crippen molar-refractivity contribution in [3.8, 4) is 11.4 Å². The van der Waals surface area contributed by atoms with Gasteiger partial charge in [-0.2, -0.15) is 15.0 Å². The summed E-state index contributed by atoms with van der Waals surface area (Å²) in [4.78, 5) is 17.4. The van der Waals surface area contributed by atoms with Gasteiger partial charge in [0.2, 0.25) is 11.9 Å². The van der Waals surface area contributed by atoms with Gasteiger partial charge in [0.15, 0.2) is 5.82 Å². The third-order valence-corrected chi connectivity index (χ3v) is 4.54. The Labute approximate surface area is 129 Å². The molecule has 1 fully saturated rings. The van der Waals surface area contributed by atoms with Crippen LogP contribution in [0.1, 0.15) is 31.1 Å². The van der Waals surface area contributed by atoms with Gasteiger partial charge in [-0.15, -0.1) is 11.3 Å². The van der Waals surface area contributed by atoms with E-state index in [-0.39, 0.29) is 0 Å². The van der Waals surface area contributed by atoms with Crippen LogP contribution in [-0.2, 0) is 0 Å². The molecule has 5 nitrogen and oxygen atoms in total. The normalized spacial score (nSPS) is 15.2. The van der Waals surface area contributed by atoms with Crippen LogP contribution in [0, 0.1) is 6.92 Å². The number of nitrogens with one attached hydrogen (secondary N) is 1. The van der Waals surface area contributed by atoms with Crippen LogP contribution >= 0.6 is 11.3 Å².